The Hall–Kier alpha value is -1.35. The van der Waals surface area contributed by atoms with Crippen LogP contribution in [0.5, 0.6) is 0 Å². The largest absolute Gasteiger partial charge is 0.322 e. The van der Waals surface area contributed by atoms with Gasteiger partial charge in [-0.15, -0.1) is 0 Å². The fraction of sp³-hybridized carbons (Fsp3) is 0.562. The molecule has 1 aromatic carbocycles. The van der Waals surface area contributed by atoms with Crippen molar-refractivity contribution in [3.05, 3.63) is 35.4 Å². The SMILES string of the molecule is CCCC1NC(c2ccccc2C)N(CCC)C1=O. The maximum Gasteiger partial charge on any atom is 0.241 e. The Morgan fingerprint density at radius 2 is 1.95 bits per heavy atom. The zero-order valence-electron chi connectivity index (χ0n) is 12.1. The van der Waals surface area contributed by atoms with Crippen molar-refractivity contribution in [3.63, 3.8) is 0 Å². The molecule has 19 heavy (non-hydrogen) atoms. The van der Waals surface area contributed by atoms with Crippen LogP contribution in [0, 0.1) is 6.92 Å². The van der Waals surface area contributed by atoms with E-state index >= 15 is 0 Å². The number of hydrogen-bond donors (Lipinski definition) is 1. The number of carbonyl (C=O) groups excluding carboxylic acids is 1. The van der Waals surface area contributed by atoms with Crippen LogP contribution in [0.4, 0.5) is 0 Å². The average Bonchev–Trinajstić information content (AvgIpc) is 2.69. The molecule has 1 N–H and O–H groups in total. The zero-order valence-corrected chi connectivity index (χ0v) is 12.1. The summed E-state index contributed by atoms with van der Waals surface area (Å²) < 4.78 is 0. The van der Waals surface area contributed by atoms with Crippen LogP contribution >= 0.6 is 0 Å². The summed E-state index contributed by atoms with van der Waals surface area (Å²) in [4.78, 5) is 14.4. The quantitative estimate of drug-likeness (QED) is 0.882. The summed E-state index contributed by atoms with van der Waals surface area (Å²) in [5, 5.41) is 3.51. The lowest BCUT2D eigenvalue weighted by Gasteiger charge is -2.25. The van der Waals surface area contributed by atoms with E-state index in [-0.39, 0.29) is 18.1 Å². The maximum atomic E-state index is 12.4. The van der Waals surface area contributed by atoms with E-state index in [0.717, 1.165) is 25.8 Å². The summed E-state index contributed by atoms with van der Waals surface area (Å²) in [6, 6.07) is 8.31. The Labute approximate surface area is 116 Å². The number of rotatable bonds is 5. The van der Waals surface area contributed by atoms with Crippen molar-refractivity contribution < 1.29 is 4.79 Å². The van der Waals surface area contributed by atoms with Gasteiger partial charge in [0.15, 0.2) is 0 Å². The van der Waals surface area contributed by atoms with Crippen LogP contribution in [-0.4, -0.2) is 23.4 Å². The van der Waals surface area contributed by atoms with Crippen LogP contribution in [0.25, 0.3) is 0 Å². The second-order valence-corrected chi connectivity index (χ2v) is 5.30. The highest BCUT2D eigenvalue weighted by Gasteiger charge is 2.38. The molecule has 0 aromatic heterocycles. The highest BCUT2D eigenvalue weighted by molar-refractivity contribution is 5.84. The van der Waals surface area contributed by atoms with Gasteiger partial charge < -0.3 is 4.90 Å². The number of amides is 1. The minimum atomic E-state index is -0.0128. The second-order valence-electron chi connectivity index (χ2n) is 5.30. The molecule has 0 saturated carbocycles. The van der Waals surface area contributed by atoms with Gasteiger partial charge in [0.1, 0.15) is 6.17 Å². The smallest absolute Gasteiger partial charge is 0.241 e. The van der Waals surface area contributed by atoms with Crippen molar-refractivity contribution in [3.8, 4) is 0 Å². The van der Waals surface area contributed by atoms with E-state index in [1.807, 2.05) is 17.0 Å². The average molecular weight is 260 g/mol. The number of benzene rings is 1. The Bertz CT molecular complexity index is 444. The topological polar surface area (TPSA) is 32.3 Å². The molecule has 2 unspecified atom stereocenters. The second kappa shape index (κ2) is 6.20. The summed E-state index contributed by atoms with van der Waals surface area (Å²) in [6.45, 7) is 7.18. The third-order valence-electron chi connectivity index (χ3n) is 3.78. The molecule has 0 radical (unpaired) electrons. The normalized spacial score (nSPS) is 23.1. The van der Waals surface area contributed by atoms with Crippen LogP contribution in [0.15, 0.2) is 24.3 Å². The minimum Gasteiger partial charge on any atom is -0.322 e. The standard InChI is InChI=1S/C16H24N2O/c1-4-8-14-16(19)18(11-5-2)15(17-14)13-10-7-6-9-12(13)3/h6-7,9-10,14-15,17H,4-5,8,11H2,1-3H3. The lowest BCUT2D eigenvalue weighted by atomic mass is 10.1. The van der Waals surface area contributed by atoms with Crippen LogP contribution in [-0.2, 0) is 4.79 Å². The summed E-state index contributed by atoms with van der Waals surface area (Å²) in [5.41, 5.74) is 2.47. The monoisotopic (exact) mass is 260 g/mol. The molecule has 1 fully saturated rings. The van der Waals surface area contributed by atoms with Crippen molar-refractivity contribution in [2.24, 2.45) is 0 Å². The Balaban J connectivity index is 2.27. The number of nitrogens with one attached hydrogen (secondary N) is 1. The molecule has 1 aliphatic heterocycles. The maximum absolute atomic E-state index is 12.4. The molecule has 1 aromatic rings. The molecule has 1 saturated heterocycles. The van der Waals surface area contributed by atoms with E-state index < -0.39 is 0 Å². The third-order valence-corrected chi connectivity index (χ3v) is 3.78. The molecule has 2 rings (SSSR count). The number of nitrogens with zero attached hydrogens (tertiary/aromatic N) is 1. The van der Waals surface area contributed by atoms with Gasteiger partial charge in [-0.2, -0.15) is 0 Å². The zero-order chi connectivity index (χ0) is 13.8. The highest BCUT2D eigenvalue weighted by atomic mass is 16.2. The Kier molecular flexibility index (Phi) is 4.59. The molecule has 3 nitrogen and oxygen atoms in total. The van der Waals surface area contributed by atoms with Gasteiger partial charge in [0.25, 0.3) is 0 Å². The van der Waals surface area contributed by atoms with Gasteiger partial charge in [-0.1, -0.05) is 44.5 Å². The van der Waals surface area contributed by atoms with Gasteiger partial charge >= 0.3 is 0 Å². The van der Waals surface area contributed by atoms with Gasteiger partial charge in [0.05, 0.1) is 6.04 Å². The molecule has 3 heteroatoms. The van der Waals surface area contributed by atoms with Crippen LogP contribution < -0.4 is 5.32 Å². The van der Waals surface area contributed by atoms with Crippen molar-refractivity contribution in [1.82, 2.24) is 10.2 Å². The summed E-state index contributed by atoms with van der Waals surface area (Å²) in [5.74, 6) is 0.261. The first-order valence-corrected chi connectivity index (χ1v) is 7.31. The van der Waals surface area contributed by atoms with Crippen LogP contribution in [0.1, 0.15) is 50.4 Å². The van der Waals surface area contributed by atoms with E-state index in [2.05, 4.69) is 38.2 Å². The number of hydrogen-bond acceptors (Lipinski definition) is 2. The van der Waals surface area contributed by atoms with E-state index in [0.29, 0.717) is 0 Å². The predicted octanol–water partition coefficient (Wildman–Crippen LogP) is 3.00. The Morgan fingerprint density at radius 1 is 1.21 bits per heavy atom. The van der Waals surface area contributed by atoms with E-state index in [1.54, 1.807) is 0 Å². The molecule has 0 spiro atoms. The molecule has 0 bridgehead atoms. The molecule has 1 heterocycles. The molecule has 2 atom stereocenters. The summed E-state index contributed by atoms with van der Waals surface area (Å²) in [7, 11) is 0. The van der Waals surface area contributed by atoms with E-state index in [1.165, 1.54) is 11.1 Å². The Morgan fingerprint density at radius 3 is 2.58 bits per heavy atom. The highest BCUT2D eigenvalue weighted by Crippen LogP contribution is 2.28. The summed E-state index contributed by atoms with van der Waals surface area (Å²) in [6.07, 6.45) is 2.99. The number of carbonyl (C=O) groups is 1. The van der Waals surface area contributed by atoms with Gasteiger partial charge in [-0.05, 0) is 30.9 Å². The van der Waals surface area contributed by atoms with E-state index in [9.17, 15) is 4.79 Å². The molecule has 104 valence electrons. The lowest BCUT2D eigenvalue weighted by molar-refractivity contribution is -0.130. The van der Waals surface area contributed by atoms with Gasteiger partial charge in [-0.25, -0.2) is 0 Å². The first kappa shape index (κ1) is 14.1. The van der Waals surface area contributed by atoms with Gasteiger partial charge in [0, 0.05) is 6.54 Å². The molecular formula is C16H24N2O. The first-order valence-electron chi connectivity index (χ1n) is 7.31. The van der Waals surface area contributed by atoms with Crippen molar-refractivity contribution in [1.29, 1.82) is 0 Å². The molecule has 1 aliphatic rings. The fourth-order valence-corrected chi connectivity index (χ4v) is 2.81. The number of aryl methyl sites for hydroxylation is 1. The van der Waals surface area contributed by atoms with Gasteiger partial charge in [0.2, 0.25) is 5.91 Å². The van der Waals surface area contributed by atoms with E-state index in [4.69, 9.17) is 0 Å². The van der Waals surface area contributed by atoms with Crippen molar-refractivity contribution >= 4 is 5.91 Å². The van der Waals surface area contributed by atoms with Gasteiger partial charge in [-0.3, -0.25) is 10.1 Å². The van der Waals surface area contributed by atoms with Crippen LogP contribution in [0.3, 0.4) is 0 Å². The lowest BCUT2D eigenvalue weighted by Crippen LogP contribution is -2.32. The third kappa shape index (κ3) is 2.81. The minimum absolute atomic E-state index is 0.0128. The molecule has 1 amide bonds. The fourth-order valence-electron chi connectivity index (χ4n) is 2.81. The molecular weight excluding hydrogens is 236 g/mol. The first-order chi connectivity index (χ1) is 9.19. The summed E-state index contributed by atoms with van der Waals surface area (Å²) >= 11 is 0. The van der Waals surface area contributed by atoms with Crippen LogP contribution in [0.2, 0.25) is 0 Å². The predicted molar refractivity (Wildman–Crippen MR) is 77.8 cm³/mol. The van der Waals surface area contributed by atoms with Crippen molar-refractivity contribution in [2.45, 2.75) is 52.2 Å². The van der Waals surface area contributed by atoms with Crippen molar-refractivity contribution in [2.75, 3.05) is 6.54 Å². The molecule has 0 aliphatic carbocycles.